The Hall–Kier alpha value is -0.590. The lowest BCUT2D eigenvalue weighted by Crippen LogP contribution is -2.20. The van der Waals surface area contributed by atoms with Crippen molar-refractivity contribution < 1.29 is 18.3 Å². The summed E-state index contributed by atoms with van der Waals surface area (Å²) in [5.74, 6) is 0. The highest BCUT2D eigenvalue weighted by Gasteiger charge is 2.31. The van der Waals surface area contributed by atoms with Gasteiger partial charge in [0, 0.05) is 4.47 Å². The van der Waals surface area contributed by atoms with Crippen LogP contribution in [0.1, 0.15) is 17.2 Å². The largest absolute Gasteiger partial charge is 0.416 e. The molecule has 90 valence electrons. The number of aliphatic hydroxyl groups is 1. The fraction of sp³-hybridized carbons (Fsp3) is 0.400. The summed E-state index contributed by atoms with van der Waals surface area (Å²) in [5, 5.41) is 11.7. The molecule has 0 heterocycles. The van der Waals surface area contributed by atoms with Crippen LogP contribution in [-0.2, 0) is 6.18 Å². The van der Waals surface area contributed by atoms with Gasteiger partial charge in [0.25, 0.3) is 0 Å². The molecule has 0 radical (unpaired) electrons. The fourth-order valence-corrected chi connectivity index (χ4v) is 1.85. The zero-order chi connectivity index (χ0) is 12.3. The van der Waals surface area contributed by atoms with Crippen LogP contribution >= 0.6 is 15.9 Å². The molecule has 0 saturated carbocycles. The molecule has 1 atom stereocenters. The summed E-state index contributed by atoms with van der Waals surface area (Å²) >= 11 is 3.02. The molecular formula is C10H11BrF3NO. The highest BCUT2D eigenvalue weighted by Crippen LogP contribution is 2.33. The van der Waals surface area contributed by atoms with Gasteiger partial charge in [-0.1, -0.05) is 15.9 Å². The van der Waals surface area contributed by atoms with E-state index in [-0.39, 0.29) is 6.61 Å². The van der Waals surface area contributed by atoms with Crippen molar-refractivity contribution in [1.82, 2.24) is 5.32 Å². The van der Waals surface area contributed by atoms with Gasteiger partial charge < -0.3 is 10.4 Å². The third-order valence-corrected chi connectivity index (χ3v) is 2.64. The van der Waals surface area contributed by atoms with Gasteiger partial charge in [-0.3, -0.25) is 0 Å². The number of benzene rings is 1. The normalized spacial score (nSPS) is 13.9. The molecule has 0 unspecified atom stereocenters. The first-order valence-electron chi connectivity index (χ1n) is 4.54. The van der Waals surface area contributed by atoms with Gasteiger partial charge in [0.15, 0.2) is 0 Å². The predicted molar refractivity (Wildman–Crippen MR) is 58.0 cm³/mol. The number of rotatable bonds is 3. The van der Waals surface area contributed by atoms with Crippen LogP contribution < -0.4 is 5.32 Å². The standard InChI is InChI=1S/C10H11BrF3NO/c1-15-9(5-16)6-2-7(10(12,13)14)4-8(11)3-6/h2-4,9,15-16H,5H2,1H3/t9-/m0/s1. The van der Waals surface area contributed by atoms with Gasteiger partial charge in [-0.25, -0.2) is 0 Å². The maximum absolute atomic E-state index is 12.5. The van der Waals surface area contributed by atoms with Crippen molar-refractivity contribution in [1.29, 1.82) is 0 Å². The minimum atomic E-state index is -4.38. The second-order valence-corrected chi connectivity index (χ2v) is 4.21. The first kappa shape index (κ1) is 13.5. The lowest BCUT2D eigenvalue weighted by molar-refractivity contribution is -0.137. The van der Waals surface area contributed by atoms with Crippen LogP contribution in [0.4, 0.5) is 13.2 Å². The van der Waals surface area contributed by atoms with E-state index >= 15 is 0 Å². The van der Waals surface area contributed by atoms with E-state index in [1.165, 1.54) is 0 Å². The number of hydrogen-bond acceptors (Lipinski definition) is 2. The van der Waals surface area contributed by atoms with Crippen LogP contribution in [0, 0.1) is 0 Å². The third-order valence-electron chi connectivity index (χ3n) is 2.18. The summed E-state index contributed by atoms with van der Waals surface area (Å²) in [7, 11) is 1.58. The van der Waals surface area contributed by atoms with Gasteiger partial charge in [-0.2, -0.15) is 13.2 Å². The summed E-state index contributed by atoms with van der Waals surface area (Å²) in [5.41, 5.74) is -0.336. The Morgan fingerprint density at radius 3 is 2.44 bits per heavy atom. The molecule has 0 bridgehead atoms. The summed E-state index contributed by atoms with van der Waals surface area (Å²) in [6, 6.07) is 3.08. The molecule has 0 saturated heterocycles. The number of aliphatic hydroxyl groups excluding tert-OH is 1. The summed E-state index contributed by atoms with van der Waals surface area (Å²) in [6.07, 6.45) is -4.38. The number of nitrogens with one attached hydrogen (secondary N) is 1. The highest BCUT2D eigenvalue weighted by molar-refractivity contribution is 9.10. The van der Waals surface area contributed by atoms with Crippen molar-refractivity contribution in [3.05, 3.63) is 33.8 Å². The molecule has 0 aromatic heterocycles. The summed E-state index contributed by atoms with van der Waals surface area (Å²) < 4.78 is 37.9. The van der Waals surface area contributed by atoms with Crippen LogP contribution in [0.2, 0.25) is 0 Å². The van der Waals surface area contributed by atoms with E-state index in [9.17, 15) is 13.2 Å². The summed E-state index contributed by atoms with van der Waals surface area (Å²) in [6.45, 7) is -0.260. The van der Waals surface area contributed by atoms with E-state index < -0.39 is 17.8 Å². The maximum Gasteiger partial charge on any atom is 0.416 e. The van der Waals surface area contributed by atoms with Crippen LogP contribution in [0.25, 0.3) is 0 Å². The van der Waals surface area contributed by atoms with Gasteiger partial charge in [0.1, 0.15) is 0 Å². The van der Waals surface area contributed by atoms with Crippen LogP contribution in [0.5, 0.6) is 0 Å². The van der Waals surface area contributed by atoms with Gasteiger partial charge >= 0.3 is 6.18 Å². The molecule has 0 aliphatic heterocycles. The molecule has 6 heteroatoms. The average molecular weight is 298 g/mol. The lowest BCUT2D eigenvalue weighted by atomic mass is 10.0. The fourth-order valence-electron chi connectivity index (χ4n) is 1.34. The lowest BCUT2D eigenvalue weighted by Gasteiger charge is -2.16. The number of hydrogen-bond donors (Lipinski definition) is 2. The Morgan fingerprint density at radius 2 is 2.00 bits per heavy atom. The second kappa shape index (κ2) is 5.16. The second-order valence-electron chi connectivity index (χ2n) is 3.29. The Morgan fingerprint density at radius 1 is 1.38 bits per heavy atom. The zero-order valence-corrected chi connectivity index (χ0v) is 10.1. The van der Waals surface area contributed by atoms with E-state index in [1.807, 2.05) is 0 Å². The van der Waals surface area contributed by atoms with Crippen molar-refractivity contribution >= 4 is 15.9 Å². The number of likely N-dealkylation sites (N-methyl/N-ethyl adjacent to an activating group) is 1. The van der Waals surface area contributed by atoms with Crippen molar-refractivity contribution in [2.45, 2.75) is 12.2 Å². The minimum absolute atomic E-state index is 0.260. The Balaban J connectivity index is 3.17. The summed E-state index contributed by atoms with van der Waals surface area (Å²) in [4.78, 5) is 0. The predicted octanol–water partition coefficient (Wildman–Crippen LogP) is 2.72. The van der Waals surface area contributed by atoms with Gasteiger partial charge in [-0.15, -0.1) is 0 Å². The molecule has 1 aromatic carbocycles. The van der Waals surface area contributed by atoms with Gasteiger partial charge in [0.2, 0.25) is 0 Å². The van der Waals surface area contributed by atoms with Crippen molar-refractivity contribution in [3.8, 4) is 0 Å². The Labute approximate surface area is 99.6 Å². The Bertz CT molecular complexity index is 364. The zero-order valence-electron chi connectivity index (χ0n) is 8.48. The van der Waals surface area contributed by atoms with Gasteiger partial charge in [-0.05, 0) is 30.8 Å². The smallest absolute Gasteiger partial charge is 0.394 e. The monoisotopic (exact) mass is 297 g/mol. The maximum atomic E-state index is 12.5. The topological polar surface area (TPSA) is 32.3 Å². The van der Waals surface area contributed by atoms with Crippen molar-refractivity contribution in [2.75, 3.05) is 13.7 Å². The molecule has 0 aliphatic rings. The van der Waals surface area contributed by atoms with E-state index in [0.29, 0.717) is 10.0 Å². The van der Waals surface area contributed by atoms with E-state index in [2.05, 4.69) is 21.2 Å². The van der Waals surface area contributed by atoms with Gasteiger partial charge in [0.05, 0.1) is 18.2 Å². The van der Waals surface area contributed by atoms with Crippen LogP contribution in [0.15, 0.2) is 22.7 Å². The SMILES string of the molecule is CN[C@@H](CO)c1cc(Br)cc(C(F)(F)F)c1. The number of halogens is 4. The quantitative estimate of drug-likeness (QED) is 0.899. The first-order chi connectivity index (χ1) is 7.38. The molecule has 0 amide bonds. The Kier molecular flexibility index (Phi) is 4.35. The number of alkyl halides is 3. The molecular weight excluding hydrogens is 287 g/mol. The molecule has 0 spiro atoms. The first-order valence-corrected chi connectivity index (χ1v) is 5.33. The van der Waals surface area contributed by atoms with E-state index in [0.717, 1.165) is 12.1 Å². The van der Waals surface area contributed by atoms with Crippen LogP contribution in [-0.4, -0.2) is 18.8 Å². The molecule has 1 rings (SSSR count). The van der Waals surface area contributed by atoms with Crippen molar-refractivity contribution in [3.63, 3.8) is 0 Å². The molecule has 2 N–H and O–H groups in total. The van der Waals surface area contributed by atoms with Crippen LogP contribution in [0.3, 0.4) is 0 Å². The molecule has 0 fully saturated rings. The van der Waals surface area contributed by atoms with Crippen molar-refractivity contribution in [2.24, 2.45) is 0 Å². The third kappa shape index (κ3) is 3.20. The molecule has 1 aromatic rings. The van der Waals surface area contributed by atoms with E-state index in [4.69, 9.17) is 5.11 Å². The minimum Gasteiger partial charge on any atom is -0.394 e. The van der Waals surface area contributed by atoms with E-state index in [1.54, 1.807) is 13.1 Å². The average Bonchev–Trinajstić information content (AvgIpc) is 2.17. The molecule has 16 heavy (non-hydrogen) atoms. The highest BCUT2D eigenvalue weighted by atomic mass is 79.9. The molecule has 0 aliphatic carbocycles. The molecule has 2 nitrogen and oxygen atoms in total.